The number of carbonyl (C=O) groups excluding carboxylic acids is 2. The molecule has 2 amide bonds. The second-order valence-electron chi connectivity index (χ2n) is 7.26. The number of benzene rings is 3. The second-order valence-corrected chi connectivity index (χ2v) is 7.26. The SMILES string of the molecule is CCOCCOc1cccc(NC(=O)CNc2cccc(C(=O)N(C)c3ccccc3)c2)c1. The molecule has 0 aliphatic rings. The highest BCUT2D eigenvalue weighted by atomic mass is 16.5. The molecule has 0 saturated carbocycles. The van der Waals surface area contributed by atoms with Gasteiger partial charge in [0.2, 0.25) is 5.91 Å². The molecule has 0 aromatic heterocycles. The first-order valence-corrected chi connectivity index (χ1v) is 10.8. The molecular formula is C26H29N3O4. The van der Waals surface area contributed by atoms with Crippen LogP contribution in [0.4, 0.5) is 17.1 Å². The minimum atomic E-state index is -0.209. The van der Waals surface area contributed by atoms with E-state index in [1.807, 2.05) is 55.5 Å². The standard InChI is InChI=1S/C26H29N3O4/c1-3-32-15-16-33-24-14-8-11-22(18-24)28-25(30)19-27-21-10-7-9-20(17-21)26(31)29(2)23-12-5-4-6-13-23/h4-14,17-18,27H,3,15-16,19H2,1-2H3,(H,28,30). The number of hydrogen-bond donors (Lipinski definition) is 2. The van der Waals surface area contributed by atoms with Crippen LogP contribution in [0.1, 0.15) is 17.3 Å². The minimum Gasteiger partial charge on any atom is -0.491 e. The highest BCUT2D eigenvalue weighted by Crippen LogP contribution is 2.19. The highest BCUT2D eigenvalue weighted by Gasteiger charge is 2.14. The summed E-state index contributed by atoms with van der Waals surface area (Å²) in [5.41, 5.74) is 2.67. The fourth-order valence-corrected chi connectivity index (χ4v) is 3.14. The zero-order valence-corrected chi connectivity index (χ0v) is 18.9. The van der Waals surface area contributed by atoms with Gasteiger partial charge in [-0.15, -0.1) is 0 Å². The van der Waals surface area contributed by atoms with Crippen molar-refractivity contribution in [1.29, 1.82) is 0 Å². The molecule has 0 unspecified atom stereocenters. The van der Waals surface area contributed by atoms with E-state index in [0.717, 1.165) is 5.69 Å². The second kappa shape index (κ2) is 12.3. The van der Waals surface area contributed by atoms with Gasteiger partial charge in [0, 0.05) is 42.3 Å². The van der Waals surface area contributed by atoms with Crippen LogP contribution >= 0.6 is 0 Å². The van der Waals surface area contributed by atoms with Gasteiger partial charge in [-0.2, -0.15) is 0 Å². The Balaban J connectivity index is 1.53. The number of amides is 2. The quantitative estimate of drug-likeness (QED) is 0.425. The lowest BCUT2D eigenvalue weighted by Crippen LogP contribution is -2.26. The summed E-state index contributed by atoms with van der Waals surface area (Å²) in [5.74, 6) is 0.323. The summed E-state index contributed by atoms with van der Waals surface area (Å²) in [5, 5.41) is 5.91. The molecule has 172 valence electrons. The molecule has 3 aromatic rings. The summed E-state index contributed by atoms with van der Waals surface area (Å²) in [6.45, 7) is 3.59. The van der Waals surface area contributed by atoms with E-state index in [4.69, 9.17) is 9.47 Å². The number of rotatable bonds is 11. The predicted octanol–water partition coefficient (Wildman–Crippen LogP) is 4.43. The minimum absolute atomic E-state index is 0.0571. The zero-order valence-electron chi connectivity index (χ0n) is 18.9. The van der Waals surface area contributed by atoms with Crippen molar-refractivity contribution >= 4 is 28.9 Å². The highest BCUT2D eigenvalue weighted by molar-refractivity contribution is 6.06. The van der Waals surface area contributed by atoms with Crippen molar-refractivity contribution < 1.29 is 19.1 Å². The first-order valence-electron chi connectivity index (χ1n) is 10.8. The van der Waals surface area contributed by atoms with E-state index in [0.29, 0.717) is 42.5 Å². The van der Waals surface area contributed by atoms with E-state index in [1.54, 1.807) is 42.3 Å². The topological polar surface area (TPSA) is 79.9 Å². The molecule has 7 heteroatoms. The molecule has 33 heavy (non-hydrogen) atoms. The molecule has 0 aliphatic carbocycles. The van der Waals surface area contributed by atoms with Crippen molar-refractivity contribution in [1.82, 2.24) is 0 Å². The molecule has 0 bridgehead atoms. The molecule has 0 heterocycles. The van der Waals surface area contributed by atoms with Crippen molar-refractivity contribution in [3.05, 3.63) is 84.4 Å². The third-order valence-electron chi connectivity index (χ3n) is 4.83. The maximum Gasteiger partial charge on any atom is 0.258 e. The van der Waals surface area contributed by atoms with Crippen LogP contribution in [-0.4, -0.2) is 45.2 Å². The molecule has 0 fully saturated rings. The molecule has 0 radical (unpaired) electrons. The molecule has 7 nitrogen and oxygen atoms in total. The molecule has 3 aromatic carbocycles. The fraction of sp³-hybridized carbons (Fsp3) is 0.231. The normalized spacial score (nSPS) is 10.4. The first-order chi connectivity index (χ1) is 16.1. The van der Waals surface area contributed by atoms with Gasteiger partial charge in [-0.05, 0) is 49.4 Å². The maximum atomic E-state index is 12.8. The molecule has 3 rings (SSSR count). The van der Waals surface area contributed by atoms with E-state index in [1.165, 1.54) is 0 Å². The summed E-state index contributed by atoms with van der Waals surface area (Å²) < 4.78 is 10.9. The van der Waals surface area contributed by atoms with Crippen LogP contribution in [-0.2, 0) is 9.53 Å². The van der Waals surface area contributed by atoms with Gasteiger partial charge >= 0.3 is 0 Å². The van der Waals surface area contributed by atoms with Crippen molar-refractivity contribution in [3.63, 3.8) is 0 Å². The predicted molar refractivity (Wildman–Crippen MR) is 131 cm³/mol. The lowest BCUT2D eigenvalue weighted by molar-refractivity contribution is -0.114. The van der Waals surface area contributed by atoms with Gasteiger partial charge in [0.25, 0.3) is 5.91 Å². The number of hydrogen-bond acceptors (Lipinski definition) is 5. The van der Waals surface area contributed by atoms with E-state index in [2.05, 4.69) is 10.6 Å². The van der Waals surface area contributed by atoms with E-state index < -0.39 is 0 Å². The van der Waals surface area contributed by atoms with E-state index in [9.17, 15) is 9.59 Å². The van der Waals surface area contributed by atoms with E-state index in [-0.39, 0.29) is 18.4 Å². The van der Waals surface area contributed by atoms with Crippen molar-refractivity contribution in [2.75, 3.05) is 48.9 Å². The van der Waals surface area contributed by atoms with Crippen molar-refractivity contribution in [2.24, 2.45) is 0 Å². The van der Waals surface area contributed by atoms with Crippen LogP contribution in [0.2, 0.25) is 0 Å². The Morgan fingerprint density at radius 2 is 1.64 bits per heavy atom. The average Bonchev–Trinajstić information content (AvgIpc) is 2.85. The number of nitrogens with one attached hydrogen (secondary N) is 2. The number of carbonyl (C=O) groups is 2. The fourth-order valence-electron chi connectivity index (χ4n) is 3.14. The smallest absolute Gasteiger partial charge is 0.258 e. The Kier molecular flexibility index (Phi) is 8.85. The zero-order chi connectivity index (χ0) is 23.5. The molecule has 0 aliphatic heterocycles. The maximum absolute atomic E-state index is 12.8. The van der Waals surface area contributed by atoms with Crippen molar-refractivity contribution in [2.45, 2.75) is 6.92 Å². The Morgan fingerprint density at radius 3 is 2.42 bits per heavy atom. The lowest BCUT2D eigenvalue weighted by Gasteiger charge is -2.18. The molecule has 0 saturated heterocycles. The largest absolute Gasteiger partial charge is 0.491 e. The summed E-state index contributed by atoms with van der Waals surface area (Å²) in [6.07, 6.45) is 0. The van der Waals surface area contributed by atoms with Gasteiger partial charge in [-0.25, -0.2) is 0 Å². The molecule has 2 N–H and O–H groups in total. The number of nitrogens with zero attached hydrogens (tertiary/aromatic N) is 1. The first kappa shape index (κ1) is 23.8. The Morgan fingerprint density at radius 1 is 0.879 bits per heavy atom. The Hall–Kier alpha value is -3.84. The van der Waals surface area contributed by atoms with Gasteiger partial charge in [-0.3, -0.25) is 9.59 Å². The molecule has 0 atom stereocenters. The third-order valence-corrected chi connectivity index (χ3v) is 4.83. The van der Waals surface area contributed by atoms with Crippen LogP contribution in [0.15, 0.2) is 78.9 Å². The summed E-state index contributed by atoms with van der Waals surface area (Å²) >= 11 is 0. The van der Waals surface area contributed by atoms with Crippen molar-refractivity contribution in [3.8, 4) is 5.75 Å². The third kappa shape index (κ3) is 7.36. The van der Waals surface area contributed by atoms with Crippen LogP contribution in [0, 0.1) is 0 Å². The summed E-state index contributed by atoms with van der Waals surface area (Å²) in [7, 11) is 1.74. The molecular weight excluding hydrogens is 418 g/mol. The van der Waals surface area contributed by atoms with Gasteiger partial charge in [0.15, 0.2) is 0 Å². The molecule has 0 spiro atoms. The van der Waals surface area contributed by atoms with Gasteiger partial charge in [0.1, 0.15) is 12.4 Å². The Labute approximate surface area is 194 Å². The summed E-state index contributed by atoms with van der Waals surface area (Å²) in [4.78, 5) is 26.8. The van der Waals surface area contributed by atoms with Crippen LogP contribution < -0.4 is 20.3 Å². The number of anilines is 3. The monoisotopic (exact) mass is 447 g/mol. The summed E-state index contributed by atoms with van der Waals surface area (Å²) in [6, 6.07) is 23.7. The van der Waals surface area contributed by atoms with Crippen LogP contribution in [0.25, 0.3) is 0 Å². The van der Waals surface area contributed by atoms with Gasteiger partial charge < -0.3 is 25.0 Å². The number of ether oxygens (including phenoxy) is 2. The van der Waals surface area contributed by atoms with Gasteiger partial charge in [-0.1, -0.05) is 30.3 Å². The van der Waals surface area contributed by atoms with E-state index >= 15 is 0 Å². The van der Waals surface area contributed by atoms with Gasteiger partial charge in [0.05, 0.1) is 13.2 Å². The lowest BCUT2D eigenvalue weighted by atomic mass is 10.1. The average molecular weight is 448 g/mol. The van der Waals surface area contributed by atoms with Crippen LogP contribution in [0.3, 0.4) is 0 Å². The van der Waals surface area contributed by atoms with Crippen LogP contribution in [0.5, 0.6) is 5.75 Å². The number of para-hydroxylation sites is 1. The Bertz CT molecular complexity index is 1060.